The fourth-order valence-electron chi connectivity index (χ4n) is 5.72. The fourth-order valence-corrected chi connectivity index (χ4v) is 6.86. The summed E-state index contributed by atoms with van der Waals surface area (Å²) in [5.41, 5.74) is 4.51. The van der Waals surface area contributed by atoms with E-state index >= 15 is 0 Å². The van der Waals surface area contributed by atoms with E-state index in [1.165, 1.54) is 16.0 Å². The van der Waals surface area contributed by atoms with Gasteiger partial charge in [-0.3, -0.25) is 4.57 Å². The molecular formula is C34H32N4OSi. The average molecular weight is 541 g/mol. The Kier molecular flexibility index (Phi) is 5.68. The van der Waals surface area contributed by atoms with E-state index in [-0.39, 0.29) is 6.17 Å². The van der Waals surface area contributed by atoms with Crippen molar-refractivity contribution < 1.29 is 4.74 Å². The predicted octanol–water partition coefficient (Wildman–Crippen LogP) is 7.47. The Balaban J connectivity index is 1.29. The van der Waals surface area contributed by atoms with Crippen molar-refractivity contribution in [3.63, 3.8) is 0 Å². The molecule has 0 spiro atoms. The molecule has 3 aromatic carbocycles. The second kappa shape index (κ2) is 9.28. The molecule has 0 fully saturated rings. The lowest BCUT2D eigenvalue weighted by molar-refractivity contribution is 0.282. The topological polar surface area (TPSA) is 33.5 Å². The van der Waals surface area contributed by atoms with Crippen molar-refractivity contribution in [1.82, 2.24) is 19.4 Å². The van der Waals surface area contributed by atoms with Crippen LogP contribution in [0.3, 0.4) is 0 Å². The van der Waals surface area contributed by atoms with Gasteiger partial charge in [-0.2, -0.15) is 0 Å². The molecule has 6 heteroatoms. The van der Waals surface area contributed by atoms with Crippen LogP contribution < -0.4 is 9.92 Å². The number of pyridine rings is 1. The number of allylic oxidation sites excluding steroid dienone is 2. The molecule has 7 rings (SSSR count). The van der Waals surface area contributed by atoms with Crippen molar-refractivity contribution in [3.8, 4) is 17.3 Å². The summed E-state index contributed by atoms with van der Waals surface area (Å²) in [7, 11) is 0.605. The number of ether oxygens (including phenoxy) is 1. The van der Waals surface area contributed by atoms with Gasteiger partial charge in [0.25, 0.3) is 0 Å². The zero-order valence-corrected chi connectivity index (χ0v) is 24.2. The molecule has 2 aromatic heterocycles. The first-order chi connectivity index (χ1) is 19.4. The highest BCUT2D eigenvalue weighted by atomic mass is 28.3. The third kappa shape index (κ3) is 4.12. The van der Waals surface area contributed by atoms with Crippen molar-refractivity contribution >= 4 is 40.8 Å². The number of aromatic nitrogens is 2. The maximum absolute atomic E-state index is 6.50. The lowest BCUT2D eigenvalue weighted by Gasteiger charge is -2.29. The monoisotopic (exact) mass is 540 g/mol. The van der Waals surface area contributed by atoms with Crippen molar-refractivity contribution in [2.45, 2.75) is 25.8 Å². The van der Waals surface area contributed by atoms with Crippen LogP contribution in [0, 0.1) is 0 Å². The second-order valence-corrected chi connectivity index (χ2v) is 16.6. The lowest BCUT2D eigenvalue weighted by atomic mass is 10.1. The zero-order chi connectivity index (χ0) is 27.4. The maximum Gasteiger partial charge on any atom is 0.137 e. The van der Waals surface area contributed by atoms with Crippen LogP contribution in [-0.2, 0) is 0 Å². The van der Waals surface area contributed by atoms with Gasteiger partial charge in [-0.05, 0) is 54.6 Å². The standard InChI is InChI=1S/C34H32N4OSi/c1-36-23-32(37-19-8-7-14-34(36)37)24-10-9-11-25(20-24)39-26-15-16-29-28-12-5-6-13-30(28)38(31(29)21-26)33-22-27(17-18-35-33)40(2,3)4/h5-23,34H,1-4H3. The van der Waals surface area contributed by atoms with E-state index in [0.29, 0.717) is 0 Å². The molecule has 0 saturated heterocycles. The molecule has 0 N–H and O–H groups in total. The van der Waals surface area contributed by atoms with Gasteiger partial charge in [-0.1, -0.05) is 61.2 Å². The van der Waals surface area contributed by atoms with Crippen LogP contribution in [0.5, 0.6) is 11.5 Å². The van der Waals surface area contributed by atoms with Crippen molar-refractivity contribution in [3.05, 3.63) is 121 Å². The van der Waals surface area contributed by atoms with E-state index in [1.807, 2.05) is 12.3 Å². The number of rotatable bonds is 5. The van der Waals surface area contributed by atoms with Crippen LogP contribution >= 0.6 is 0 Å². The van der Waals surface area contributed by atoms with Gasteiger partial charge in [0.15, 0.2) is 0 Å². The zero-order valence-electron chi connectivity index (χ0n) is 23.2. The van der Waals surface area contributed by atoms with E-state index in [9.17, 15) is 0 Å². The molecule has 2 aliphatic heterocycles. The normalized spacial score (nSPS) is 16.6. The summed E-state index contributed by atoms with van der Waals surface area (Å²) in [6.45, 7) is 7.11. The highest BCUT2D eigenvalue weighted by molar-refractivity contribution is 6.88. The summed E-state index contributed by atoms with van der Waals surface area (Å²) in [6.07, 6.45) is 12.9. The summed E-state index contributed by atoms with van der Waals surface area (Å²) in [4.78, 5) is 9.33. The Morgan fingerprint density at radius 2 is 1.62 bits per heavy atom. The van der Waals surface area contributed by atoms with Crippen LogP contribution in [0.2, 0.25) is 19.6 Å². The molecule has 40 heavy (non-hydrogen) atoms. The van der Waals surface area contributed by atoms with Gasteiger partial charge < -0.3 is 14.5 Å². The summed E-state index contributed by atoms with van der Waals surface area (Å²) < 4.78 is 8.77. The third-order valence-electron chi connectivity index (χ3n) is 7.80. The van der Waals surface area contributed by atoms with Crippen LogP contribution in [0.25, 0.3) is 33.3 Å². The molecule has 1 unspecified atom stereocenters. The number of fused-ring (bicyclic) bond motifs is 4. The molecule has 0 saturated carbocycles. The molecule has 5 aromatic rings. The summed E-state index contributed by atoms with van der Waals surface area (Å²) in [5.74, 6) is 2.55. The van der Waals surface area contributed by atoms with Gasteiger partial charge in [0.05, 0.1) is 24.8 Å². The summed E-state index contributed by atoms with van der Waals surface area (Å²) in [6, 6.07) is 27.7. The first kappa shape index (κ1) is 24.5. The molecule has 2 aliphatic rings. The Labute approximate surface area is 235 Å². The molecular weight excluding hydrogens is 508 g/mol. The number of hydrogen-bond acceptors (Lipinski definition) is 4. The number of para-hydroxylation sites is 1. The molecule has 1 atom stereocenters. The van der Waals surface area contributed by atoms with E-state index in [2.05, 4.69) is 144 Å². The van der Waals surface area contributed by atoms with Crippen molar-refractivity contribution in [2.75, 3.05) is 7.05 Å². The quantitative estimate of drug-likeness (QED) is 0.217. The SMILES string of the molecule is CN1C=C(c2cccc(Oc3ccc4c5ccccc5n(-c5cc([Si](C)(C)C)ccn5)c4c3)c2)N2C=CC=CC12. The molecule has 5 nitrogen and oxygen atoms in total. The Bertz CT molecular complexity index is 1860. The van der Waals surface area contributed by atoms with Gasteiger partial charge in [0.1, 0.15) is 23.5 Å². The molecule has 0 amide bonds. The minimum atomic E-state index is -1.50. The minimum Gasteiger partial charge on any atom is -0.457 e. The highest BCUT2D eigenvalue weighted by Gasteiger charge is 2.28. The second-order valence-electron chi connectivity index (χ2n) is 11.5. The van der Waals surface area contributed by atoms with Gasteiger partial charge >= 0.3 is 0 Å². The van der Waals surface area contributed by atoms with E-state index in [0.717, 1.165) is 39.6 Å². The molecule has 0 bridgehead atoms. The molecule has 0 radical (unpaired) electrons. The summed E-state index contributed by atoms with van der Waals surface area (Å²) in [5, 5.41) is 3.79. The van der Waals surface area contributed by atoms with Crippen LogP contribution in [-0.4, -0.2) is 40.6 Å². The van der Waals surface area contributed by atoms with Gasteiger partial charge in [0.2, 0.25) is 0 Å². The van der Waals surface area contributed by atoms with Crippen LogP contribution in [0.15, 0.2) is 116 Å². The Morgan fingerprint density at radius 1 is 0.800 bits per heavy atom. The largest absolute Gasteiger partial charge is 0.457 e. The third-order valence-corrected chi connectivity index (χ3v) is 9.84. The smallest absolute Gasteiger partial charge is 0.137 e. The first-order valence-corrected chi connectivity index (χ1v) is 17.2. The van der Waals surface area contributed by atoms with Gasteiger partial charge in [-0.15, -0.1) is 0 Å². The maximum atomic E-state index is 6.50. The summed E-state index contributed by atoms with van der Waals surface area (Å²) >= 11 is 0. The van der Waals surface area contributed by atoms with E-state index < -0.39 is 8.07 Å². The fraction of sp³-hybridized carbons (Fsp3) is 0.147. The Hall–Kier alpha value is -4.55. The minimum absolute atomic E-state index is 0.210. The van der Waals surface area contributed by atoms with Gasteiger partial charge in [-0.25, -0.2) is 4.98 Å². The van der Waals surface area contributed by atoms with Crippen LogP contribution in [0.1, 0.15) is 5.56 Å². The van der Waals surface area contributed by atoms with E-state index in [1.54, 1.807) is 0 Å². The van der Waals surface area contributed by atoms with Crippen molar-refractivity contribution in [1.29, 1.82) is 0 Å². The van der Waals surface area contributed by atoms with E-state index in [4.69, 9.17) is 9.72 Å². The molecule has 4 heterocycles. The number of hydrogen-bond donors (Lipinski definition) is 0. The average Bonchev–Trinajstić information content (AvgIpc) is 3.47. The van der Waals surface area contributed by atoms with Gasteiger partial charge in [0, 0.05) is 48.0 Å². The van der Waals surface area contributed by atoms with Crippen molar-refractivity contribution in [2.24, 2.45) is 0 Å². The molecule has 198 valence electrons. The number of benzene rings is 3. The lowest BCUT2D eigenvalue weighted by Crippen LogP contribution is -2.37. The Morgan fingerprint density at radius 3 is 2.50 bits per heavy atom. The molecule has 0 aliphatic carbocycles. The predicted molar refractivity (Wildman–Crippen MR) is 168 cm³/mol. The van der Waals surface area contributed by atoms with Crippen LogP contribution in [0.4, 0.5) is 0 Å². The first-order valence-electron chi connectivity index (χ1n) is 13.7. The number of likely N-dealkylation sites (N-methyl/N-ethyl adjacent to an activating group) is 1. The highest BCUT2D eigenvalue weighted by Crippen LogP contribution is 2.37. The number of nitrogens with zero attached hydrogens (tertiary/aromatic N) is 4.